The Balaban J connectivity index is 1.98. The molecule has 5 nitrogen and oxygen atoms in total. The SMILES string of the molecule is NC1CCC(Nc2cccc([N+](=O)[O-])c2)CC1. The van der Waals surface area contributed by atoms with Crippen molar-refractivity contribution in [2.45, 2.75) is 37.8 Å². The van der Waals surface area contributed by atoms with E-state index in [1.807, 2.05) is 6.07 Å². The molecule has 0 bridgehead atoms. The molecule has 0 spiro atoms. The van der Waals surface area contributed by atoms with Crippen molar-refractivity contribution in [2.75, 3.05) is 5.32 Å². The molecule has 1 aromatic carbocycles. The van der Waals surface area contributed by atoms with E-state index in [4.69, 9.17) is 5.73 Å². The van der Waals surface area contributed by atoms with Gasteiger partial charge in [-0.25, -0.2) is 0 Å². The van der Waals surface area contributed by atoms with Gasteiger partial charge < -0.3 is 11.1 Å². The van der Waals surface area contributed by atoms with Crippen LogP contribution in [0.15, 0.2) is 24.3 Å². The monoisotopic (exact) mass is 235 g/mol. The Morgan fingerprint density at radius 1 is 1.29 bits per heavy atom. The summed E-state index contributed by atoms with van der Waals surface area (Å²) in [5, 5.41) is 14.0. The highest BCUT2D eigenvalue weighted by Crippen LogP contribution is 2.23. The van der Waals surface area contributed by atoms with Crippen molar-refractivity contribution < 1.29 is 4.92 Å². The molecule has 0 aromatic heterocycles. The van der Waals surface area contributed by atoms with Gasteiger partial charge >= 0.3 is 0 Å². The molecule has 0 radical (unpaired) electrons. The molecule has 3 N–H and O–H groups in total. The fourth-order valence-corrected chi connectivity index (χ4v) is 2.21. The average Bonchev–Trinajstić information content (AvgIpc) is 2.32. The second-order valence-corrected chi connectivity index (χ2v) is 4.56. The number of nitro benzene ring substituents is 1. The zero-order valence-electron chi connectivity index (χ0n) is 9.63. The average molecular weight is 235 g/mol. The topological polar surface area (TPSA) is 81.2 Å². The number of nitrogens with zero attached hydrogens (tertiary/aromatic N) is 1. The maximum absolute atomic E-state index is 10.6. The molecule has 0 heterocycles. The molecule has 0 saturated heterocycles. The van der Waals surface area contributed by atoms with Crippen LogP contribution in [0, 0.1) is 10.1 Å². The molecule has 0 atom stereocenters. The number of non-ortho nitro benzene ring substituents is 1. The lowest BCUT2D eigenvalue weighted by atomic mass is 9.91. The second kappa shape index (κ2) is 5.14. The molecule has 1 aliphatic rings. The van der Waals surface area contributed by atoms with Crippen molar-refractivity contribution in [1.82, 2.24) is 0 Å². The first-order valence-electron chi connectivity index (χ1n) is 5.92. The van der Waals surface area contributed by atoms with Crippen LogP contribution in [0.4, 0.5) is 11.4 Å². The zero-order valence-corrected chi connectivity index (χ0v) is 9.63. The number of anilines is 1. The van der Waals surface area contributed by atoms with Crippen LogP contribution in [-0.2, 0) is 0 Å². The minimum Gasteiger partial charge on any atom is -0.382 e. The van der Waals surface area contributed by atoms with E-state index in [1.54, 1.807) is 12.1 Å². The Morgan fingerprint density at radius 3 is 2.65 bits per heavy atom. The predicted octanol–water partition coefficient (Wildman–Crippen LogP) is 2.28. The lowest BCUT2D eigenvalue weighted by molar-refractivity contribution is -0.384. The molecule has 2 rings (SSSR count). The number of rotatable bonds is 3. The van der Waals surface area contributed by atoms with Gasteiger partial charge in [0, 0.05) is 29.9 Å². The minimum absolute atomic E-state index is 0.127. The van der Waals surface area contributed by atoms with Crippen molar-refractivity contribution in [3.63, 3.8) is 0 Å². The van der Waals surface area contributed by atoms with Crippen molar-refractivity contribution in [3.05, 3.63) is 34.4 Å². The maximum Gasteiger partial charge on any atom is 0.271 e. The van der Waals surface area contributed by atoms with Gasteiger partial charge in [0.1, 0.15) is 0 Å². The van der Waals surface area contributed by atoms with E-state index in [1.165, 1.54) is 6.07 Å². The fraction of sp³-hybridized carbons (Fsp3) is 0.500. The third kappa shape index (κ3) is 3.17. The molecule has 0 unspecified atom stereocenters. The Labute approximate surface area is 100 Å². The molecule has 92 valence electrons. The summed E-state index contributed by atoms with van der Waals surface area (Å²) in [6, 6.07) is 7.35. The lowest BCUT2D eigenvalue weighted by Crippen LogP contribution is -2.32. The summed E-state index contributed by atoms with van der Waals surface area (Å²) in [5.74, 6) is 0. The second-order valence-electron chi connectivity index (χ2n) is 4.56. The minimum atomic E-state index is -0.373. The smallest absolute Gasteiger partial charge is 0.271 e. The van der Waals surface area contributed by atoms with Gasteiger partial charge in [-0.2, -0.15) is 0 Å². The zero-order chi connectivity index (χ0) is 12.3. The van der Waals surface area contributed by atoms with Crippen LogP contribution in [0.25, 0.3) is 0 Å². The third-order valence-electron chi connectivity index (χ3n) is 3.20. The van der Waals surface area contributed by atoms with Crippen LogP contribution in [0.5, 0.6) is 0 Å². The normalized spacial score (nSPS) is 24.3. The molecule has 1 saturated carbocycles. The van der Waals surface area contributed by atoms with Crippen LogP contribution in [0.1, 0.15) is 25.7 Å². The fourth-order valence-electron chi connectivity index (χ4n) is 2.21. The Morgan fingerprint density at radius 2 is 2.00 bits per heavy atom. The van der Waals surface area contributed by atoms with E-state index in [0.29, 0.717) is 12.1 Å². The highest BCUT2D eigenvalue weighted by atomic mass is 16.6. The van der Waals surface area contributed by atoms with Gasteiger partial charge in [0.05, 0.1) is 4.92 Å². The first kappa shape index (κ1) is 11.9. The molecule has 5 heteroatoms. The van der Waals surface area contributed by atoms with Crippen LogP contribution in [-0.4, -0.2) is 17.0 Å². The number of nitrogens with one attached hydrogen (secondary N) is 1. The number of hydrogen-bond acceptors (Lipinski definition) is 4. The first-order valence-corrected chi connectivity index (χ1v) is 5.92. The molecule has 1 fully saturated rings. The van der Waals surface area contributed by atoms with Crippen molar-refractivity contribution in [3.8, 4) is 0 Å². The van der Waals surface area contributed by atoms with Crippen LogP contribution >= 0.6 is 0 Å². The van der Waals surface area contributed by atoms with Gasteiger partial charge in [0.15, 0.2) is 0 Å². The highest BCUT2D eigenvalue weighted by molar-refractivity contribution is 5.51. The summed E-state index contributed by atoms with van der Waals surface area (Å²) in [4.78, 5) is 10.3. The molecular weight excluding hydrogens is 218 g/mol. The van der Waals surface area contributed by atoms with E-state index in [2.05, 4.69) is 5.32 Å². The van der Waals surface area contributed by atoms with Crippen LogP contribution < -0.4 is 11.1 Å². The molecule has 1 aromatic rings. The van der Waals surface area contributed by atoms with Gasteiger partial charge in [-0.15, -0.1) is 0 Å². The predicted molar refractivity (Wildman–Crippen MR) is 67.0 cm³/mol. The van der Waals surface area contributed by atoms with Crippen molar-refractivity contribution >= 4 is 11.4 Å². The largest absolute Gasteiger partial charge is 0.382 e. The number of nitrogens with two attached hydrogens (primary N) is 1. The summed E-state index contributed by atoms with van der Waals surface area (Å²) < 4.78 is 0. The van der Waals surface area contributed by atoms with E-state index >= 15 is 0 Å². The van der Waals surface area contributed by atoms with Gasteiger partial charge in [-0.3, -0.25) is 10.1 Å². The highest BCUT2D eigenvalue weighted by Gasteiger charge is 2.18. The van der Waals surface area contributed by atoms with Crippen LogP contribution in [0.2, 0.25) is 0 Å². The molecule has 1 aliphatic carbocycles. The summed E-state index contributed by atoms with van der Waals surface area (Å²) in [7, 11) is 0. The lowest BCUT2D eigenvalue weighted by Gasteiger charge is -2.27. The summed E-state index contributed by atoms with van der Waals surface area (Å²) in [6.45, 7) is 0. The van der Waals surface area contributed by atoms with Gasteiger partial charge in [-0.05, 0) is 31.7 Å². The van der Waals surface area contributed by atoms with Crippen molar-refractivity contribution in [2.24, 2.45) is 5.73 Å². The first-order chi connectivity index (χ1) is 8.15. The molecule has 0 amide bonds. The standard InChI is InChI=1S/C12H17N3O2/c13-9-4-6-10(7-5-9)14-11-2-1-3-12(8-11)15(16)17/h1-3,8-10,14H,4-7,13H2. The molecule has 0 aliphatic heterocycles. The maximum atomic E-state index is 10.6. The Bertz CT molecular complexity index is 400. The summed E-state index contributed by atoms with van der Waals surface area (Å²) in [6.07, 6.45) is 4.10. The van der Waals surface area contributed by atoms with Crippen LogP contribution in [0.3, 0.4) is 0 Å². The van der Waals surface area contributed by atoms with Gasteiger partial charge in [0.2, 0.25) is 0 Å². The number of benzene rings is 1. The molecular formula is C12H17N3O2. The molecule has 17 heavy (non-hydrogen) atoms. The number of hydrogen-bond donors (Lipinski definition) is 2. The van der Waals surface area contributed by atoms with Crippen molar-refractivity contribution in [1.29, 1.82) is 0 Å². The third-order valence-corrected chi connectivity index (χ3v) is 3.20. The Kier molecular flexibility index (Phi) is 3.58. The van der Waals surface area contributed by atoms with Gasteiger partial charge in [0.25, 0.3) is 5.69 Å². The quantitative estimate of drug-likeness (QED) is 0.622. The van der Waals surface area contributed by atoms with E-state index in [-0.39, 0.29) is 10.6 Å². The van der Waals surface area contributed by atoms with E-state index < -0.39 is 0 Å². The Hall–Kier alpha value is -1.62. The van der Waals surface area contributed by atoms with E-state index in [9.17, 15) is 10.1 Å². The summed E-state index contributed by atoms with van der Waals surface area (Å²) in [5.41, 5.74) is 6.78. The van der Waals surface area contributed by atoms with E-state index in [0.717, 1.165) is 31.4 Å². The summed E-state index contributed by atoms with van der Waals surface area (Å²) >= 11 is 0. The number of nitro groups is 1. The van der Waals surface area contributed by atoms with Gasteiger partial charge in [-0.1, -0.05) is 6.07 Å².